The van der Waals surface area contributed by atoms with Crippen molar-refractivity contribution < 1.29 is 24.9 Å². The Morgan fingerprint density at radius 2 is 1.82 bits per heavy atom. The van der Waals surface area contributed by atoms with Crippen molar-refractivity contribution >= 4 is 5.97 Å². The van der Waals surface area contributed by atoms with Gasteiger partial charge in [-0.1, -0.05) is 39.3 Å². The standard InChI is InChI=1S/C29H44O5/c1-15(2)8-7-9-17-24-19-12-21(31)25-27(4)11-10-20(30)16(3)18(27)13-23(32)29(25,6)28(19,5)14-22(24)34-26(17)33/h8,16,18-23,25,30-32H,7,9-14H2,1-6H3/t16-,18-,19-,20+,21+,22-,23+,25-,27-,28-,29-/m0/s1. The number of carbonyl (C=O) groups is 1. The van der Waals surface area contributed by atoms with Gasteiger partial charge in [0.25, 0.3) is 0 Å². The van der Waals surface area contributed by atoms with Gasteiger partial charge in [-0.25, -0.2) is 4.79 Å². The molecule has 0 spiro atoms. The Balaban J connectivity index is 1.57. The third-order valence-corrected chi connectivity index (χ3v) is 11.6. The molecule has 0 bridgehead atoms. The lowest BCUT2D eigenvalue weighted by atomic mass is 9.35. The molecule has 1 aliphatic heterocycles. The summed E-state index contributed by atoms with van der Waals surface area (Å²) in [7, 11) is 0. The molecule has 0 radical (unpaired) electrons. The first kappa shape index (κ1) is 24.5. The molecule has 190 valence electrons. The van der Waals surface area contributed by atoms with Crippen molar-refractivity contribution in [3.05, 3.63) is 22.8 Å². The summed E-state index contributed by atoms with van der Waals surface area (Å²) in [6.07, 6.45) is 5.63. The lowest BCUT2D eigenvalue weighted by Crippen LogP contribution is -2.70. The van der Waals surface area contributed by atoms with Gasteiger partial charge in [0.05, 0.1) is 18.3 Å². The predicted molar refractivity (Wildman–Crippen MR) is 131 cm³/mol. The number of fused-ring (bicyclic) bond motifs is 7. The Bertz CT molecular complexity index is 933. The fourth-order valence-electron chi connectivity index (χ4n) is 9.74. The molecule has 5 nitrogen and oxygen atoms in total. The van der Waals surface area contributed by atoms with Crippen molar-refractivity contribution in [2.75, 3.05) is 0 Å². The second kappa shape index (κ2) is 7.91. The summed E-state index contributed by atoms with van der Waals surface area (Å²) in [6.45, 7) is 13.1. The van der Waals surface area contributed by atoms with Crippen LogP contribution in [0.2, 0.25) is 0 Å². The highest BCUT2D eigenvalue weighted by molar-refractivity contribution is 5.93. The predicted octanol–water partition coefficient (Wildman–Crippen LogP) is 4.55. The Labute approximate surface area is 204 Å². The monoisotopic (exact) mass is 472 g/mol. The van der Waals surface area contributed by atoms with E-state index in [0.29, 0.717) is 19.3 Å². The third-order valence-electron chi connectivity index (χ3n) is 11.6. The summed E-state index contributed by atoms with van der Waals surface area (Å²) in [5, 5.41) is 34.2. The van der Waals surface area contributed by atoms with E-state index in [1.54, 1.807) is 0 Å². The minimum atomic E-state index is -0.560. The summed E-state index contributed by atoms with van der Waals surface area (Å²) in [4.78, 5) is 12.8. The quantitative estimate of drug-likeness (QED) is 0.414. The largest absolute Gasteiger partial charge is 0.454 e. The van der Waals surface area contributed by atoms with Gasteiger partial charge in [0.2, 0.25) is 0 Å². The molecule has 34 heavy (non-hydrogen) atoms. The molecule has 5 aliphatic rings. The number of aliphatic hydroxyl groups is 3. The number of aliphatic hydroxyl groups excluding tert-OH is 3. The van der Waals surface area contributed by atoms with E-state index in [-0.39, 0.29) is 52.7 Å². The lowest BCUT2D eigenvalue weighted by Gasteiger charge is -2.70. The van der Waals surface area contributed by atoms with Gasteiger partial charge in [-0.05, 0) is 98.9 Å². The molecule has 4 aliphatic carbocycles. The van der Waals surface area contributed by atoms with Crippen molar-refractivity contribution in [1.82, 2.24) is 0 Å². The highest BCUT2D eigenvalue weighted by Crippen LogP contribution is 2.74. The molecule has 4 fully saturated rings. The van der Waals surface area contributed by atoms with Crippen LogP contribution in [-0.2, 0) is 9.53 Å². The molecular formula is C29H44O5. The SMILES string of the molecule is CC(C)=CCCC1=C2[C@H](C[C@@]3(C)[C@H]2C[C@@H](O)[C@H]2[C@@]4(C)CC[C@@H](O)[C@@H](C)[C@@H]4C[C@@H](O)[C@@]23C)OC1=O. The average molecular weight is 473 g/mol. The number of esters is 1. The van der Waals surface area contributed by atoms with E-state index in [1.165, 1.54) is 5.57 Å². The first-order valence-corrected chi connectivity index (χ1v) is 13.5. The summed E-state index contributed by atoms with van der Waals surface area (Å²) < 4.78 is 5.94. The Morgan fingerprint density at radius 1 is 1.12 bits per heavy atom. The van der Waals surface area contributed by atoms with Crippen LogP contribution in [0.1, 0.15) is 86.5 Å². The summed E-state index contributed by atoms with van der Waals surface area (Å²) >= 11 is 0. The first-order valence-electron chi connectivity index (χ1n) is 13.5. The van der Waals surface area contributed by atoms with E-state index in [2.05, 4.69) is 47.6 Å². The number of ether oxygens (including phenoxy) is 1. The number of carbonyl (C=O) groups excluding carboxylic acids is 1. The molecule has 5 rings (SSSR count). The number of rotatable bonds is 3. The molecular weight excluding hydrogens is 428 g/mol. The first-order chi connectivity index (χ1) is 15.9. The van der Waals surface area contributed by atoms with Crippen LogP contribution >= 0.6 is 0 Å². The van der Waals surface area contributed by atoms with Crippen molar-refractivity contribution in [2.24, 2.45) is 39.9 Å². The maximum atomic E-state index is 12.8. The van der Waals surface area contributed by atoms with Crippen molar-refractivity contribution in [2.45, 2.75) is 111 Å². The van der Waals surface area contributed by atoms with Gasteiger partial charge in [0.15, 0.2) is 0 Å². The van der Waals surface area contributed by atoms with Gasteiger partial charge in [-0.15, -0.1) is 0 Å². The molecule has 0 aromatic rings. The lowest BCUT2D eigenvalue weighted by molar-refractivity contribution is -0.273. The molecule has 3 N–H and O–H groups in total. The normalized spacial score (nSPS) is 51.9. The summed E-state index contributed by atoms with van der Waals surface area (Å²) in [6, 6.07) is 0. The van der Waals surface area contributed by atoms with Gasteiger partial charge < -0.3 is 20.1 Å². The van der Waals surface area contributed by atoms with Gasteiger partial charge in [0, 0.05) is 11.0 Å². The fourth-order valence-corrected chi connectivity index (χ4v) is 9.74. The van der Waals surface area contributed by atoms with Crippen molar-refractivity contribution in [3.63, 3.8) is 0 Å². The maximum absolute atomic E-state index is 12.8. The highest BCUT2D eigenvalue weighted by atomic mass is 16.5. The van der Waals surface area contributed by atoms with Gasteiger partial charge in [-0.2, -0.15) is 0 Å². The minimum Gasteiger partial charge on any atom is -0.454 e. The maximum Gasteiger partial charge on any atom is 0.334 e. The summed E-state index contributed by atoms with van der Waals surface area (Å²) in [5.74, 6) is 0.121. The van der Waals surface area contributed by atoms with Crippen LogP contribution in [0, 0.1) is 39.9 Å². The van der Waals surface area contributed by atoms with Crippen LogP contribution in [0.5, 0.6) is 0 Å². The van der Waals surface area contributed by atoms with E-state index < -0.39 is 17.6 Å². The minimum absolute atomic E-state index is 0.0447. The molecule has 11 atom stereocenters. The van der Waals surface area contributed by atoms with Gasteiger partial charge >= 0.3 is 5.97 Å². The van der Waals surface area contributed by atoms with Crippen LogP contribution in [-0.4, -0.2) is 45.7 Å². The summed E-state index contributed by atoms with van der Waals surface area (Å²) in [5.41, 5.74) is 2.29. The zero-order valence-electron chi connectivity index (χ0n) is 21.8. The van der Waals surface area contributed by atoms with Crippen LogP contribution in [0.15, 0.2) is 22.8 Å². The average Bonchev–Trinajstić information content (AvgIpc) is 3.19. The second-order valence-corrected chi connectivity index (χ2v) is 13.2. The fraction of sp³-hybridized carbons (Fsp3) is 0.828. The number of hydrogen-bond donors (Lipinski definition) is 3. The molecule has 4 saturated carbocycles. The number of allylic oxidation sites excluding steroid dienone is 2. The Kier molecular flexibility index (Phi) is 5.71. The topological polar surface area (TPSA) is 87.0 Å². The van der Waals surface area contributed by atoms with E-state index in [9.17, 15) is 20.1 Å². The molecule has 1 heterocycles. The molecule has 0 saturated heterocycles. The Morgan fingerprint density at radius 3 is 2.50 bits per heavy atom. The van der Waals surface area contributed by atoms with E-state index in [1.807, 2.05) is 0 Å². The van der Waals surface area contributed by atoms with Crippen LogP contribution in [0.25, 0.3) is 0 Å². The van der Waals surface area contributed by atoms with Crippen LogP contribution in [0.4, 0.5) is 0 Å². The zero-order chi connectivity index (χ0) is 24.8. The van der Waals surface area contributed by atoms with E-state index >= 15 is 0 Å². The Hall–Kier alpha value is -1.17. The van der Waals surface area contributed by atoms with Crippen LogP contribution in [0.3, 0.4) is 0 Å². The highest BCUT2D eigenvalue weighted by Gasteiger charge is 2.74. The van der Waals surface area contributed by atoms with E-state index in [4.69, 9.17) is 4.74 Å². The molecule has 0 amide bonds. The molecule has 0 aromatic heterocycles. The van der Waals surface area contributed by atoms with Crippen molar-refractivity contribution in [1.29, 1.82) is 0 Å². The second-order valence-electron chi connectivity index (χ2n) is 13.2. The molecule has 0 aromatic carbocycles. The molecule has 0 unspecified atom stereocenters. The van der Waals surface area contributed by atoms with E-state index in [0.717, 1.165) is 36.8 Å². The zero-order valence-corrected chi connectivity index (χ0v) is 21.8. The van der Waals surface area contributed by atoms with Crippen molar-refractivity contribution in [3.8, 4) is 0 Å². The van der Waals surface area contributed by atoms with Crippen LogP contribution < -0.4 is 0 Å². The van der Waals surface area contributed by atoms with Gasteiger partial charge in [-0.3, -0.25) is 0 Å². The van der Waals surface area contributed by atoms with Gasteiger partial charge in [0.1, 0.15) is 6.10 Å². The molecule has 5 heteroatoms. The number of hydrogen-bond acceptors (Lipinski definition) is 5. The smallest absolute Gasteiger partial charge is 0.334 e. The third kappa shape index (κ3) is 3.05.